The molecular formula is C20H19N5OS. The molecule has 3 aromatic heterocycles. The average molecular weight is 377 g/mol. The molecule has 0 saturated heterocycles. The van der Waals surface area contributed by atoms with Crippen molar-refractivity contribution in [2.24, 2.45) is 5.16 Å². The van der Waals surface area contributed by atoms with Gasteiger partial charge in [0.2, 0.25) is 0 Å². The second-order valence-corrected chi connectivity index (χ2v) is 7.79. The molecule has 1 aromatic carbocycles. The molecule has 0 atom stereocenters. The number of aromatic nitrogens is 4. The molecule has 3 heterocycles. The third kappa shape index (κ3) is 3.19. The lowest BCUT2D eigenvalue weighted by molar-refractivity contribution is 0.126. The minimum absolute atomic E-state index is 0.235. The van der Waals surface area contributed by atoms with Crippen molar-refractivity contribution in [3.05, 3.63) is 58.5 Å². The first-order valence-corrected chi connectivity index (χ1v) is 10.0. The minimum Gasteiger partial charge on any atom is -0.387 e. The van der Waals surface area contributed by atoms with Crippen LogP contribution in [0.5, 0.6) is 0 Å². The van der Waals surface area contributed by atoms with Gasteiger partial charge >= 0.3 is 0 Å². The monoisotopic (exact) mass is 377 g/mol. The normalized spacial score (nSPS) is 14.7. The van der Waals surface area contributed by atoms with Crippen LogP contribution in [0.3, 0.4) is 0 Å². The lowest BCUT2D eigenvalue weighted by atomic mass is 10.1. The lowest BCUT2D eigenvalue weighted by Gasteiger charge is -1.98. The Morgan fingerprint density at radius 2 is 2.04 bits per heavy atom. The van der Waals surface area contributed by atoms with E-state index in [9.17, 15) is 0 Å². The van der Waals surface area contributed by atoms with Gasteiger partial charge in [-0.25, -0.2) is 14.5 Å². The molecule has 5 rings (SSSR count). The zero-order chi connectivity index (χ0) is 18.1. The smallest absolute Gasteiger partial charge is 0.192 e. The van der Waals surface area contributed by atoms with Gasteiger partial charge in [-0.2, -0.15) is 0 Å². The molecule has 0 fully saturated rings. The number of fused-ring (bicyclic) bond motifs is 5. The SMILES string of the molecule is C(=N\OCc1nc2c3c4c(sc3ncn2n1)CCCCC4)/c1ccccc1. The van der Waals surface area contributed by atoms with Crippen molar-refractivity contribution < 1.29 is 4.84 Å². The maximum Gasteiger partial charge on any atom is 0.192 e. The predicted octanol–water partition coefficient (Wildman–Crippen LogP) is 4.16. The molecule has 0 aliphatic heterocycles. The van der Waals surface area contributed by atoms with Crippen molar-refractivity contribution >= 4 is 33.4 Å². The predicted molar refractivity (Wildman–Crippen MR) is 106 cm³/mol. The number of nitrogens with zero attached hydrogens (tertiary/aromatic N) is 5. The van der Waals surface area contributed by atoms with Crippen molar-refractivity contribution in [1.29, 1.82) is 0 Å². The summed E-state index contributed by atoms with van der Waals surface area (Å²) in [6.45, 7) is 0.235. The van der Waals surface area contributed by atoms with Crippen LogP contribution in [0, 0.1) is 0 Å². The number of thiophene rings is 1. The number of benzene rings is 1. The first-order chi connectivity index (χ1) is 13.4. The molecule has 0 N–H and O–H groups in total. The minimum atomic E-state index is 0.235. The second kappa shape index (κ2) is 7.08. The summed E-state index contributed by atoms with van der Waals surface area (Å²) in [5.74, 6) is 0.614. The van der Waals surface area contributed by atoms with Crippen LogP contribution in [0.4, 0.5) is 0 Å². The van der Waals surface area contributed by atoms with E-state index in [1.54, 1.807) is 17.1 Å². The second-order valence-electron chi connectivity index (χ2n) is 6.70. The van der Waals surface area contributed by atoms with Crippen LogP contribution in [0.2, 0.25) is 0 Å². The molecule has 4 aromatic rings. The van der Waals surface area contributed by atoms with E-state index in [1.807, 2.05) is 41.7 Å². The number of aryl methyl sites for hydroxylation is 2. The molecule has 136 valence electrons. The van der Waals surface area contributed by atoms with E-state index in [1.165, 1.54) is 35.1 Å². The Bertz CT molecular complexity index is 1120. The van der Waals surface area contributed by atoms with Gasteiger partial charge in [-0.3, -0.25) is 0 Å². The molecule has 0 saturated carbocycles. The number of oxime groups is 1. The van der Waals surface area contributed by atoms with Crippen molar-refractivity contribution in [3.63, 3.8) is 0 Å². The Labute approximate surface area is 160 Å². The first kappa shape index (κ1) is 16.4. The van der Waals surface area contributed by atoms with Crippen LogP contribution in [-0.4, -0.2) is 25.8 Å². The third-order valence-electron chi connectivity index (χ3n) is 4.86. The maximum absolute atomic E-state index is 5.39. The molecule has 1 aliphatic carbocycles. The fourth-order valence-electron chi connectivity index (χ4n) is 3.57. The zero-order valence-corrected chi connectivity index (χ0v) is 15.7. The molecule has 6 nitrogen and oxygen atoms in total. The third-order valence-corrected chi connectivity index (χ3v) is 6.06. The summed E-state index contributed by atoms with van der Waals surface area (Å²) in [4.78, 5) is 17.2. The van der Waals surface area contributed by atoms with E-state index in [4.69, 9.17) is 9.82 Å². The van der Waals surface area contributed by atoms with Crippen molar-refractivity contribution in [2.45, 2.75) is 38.7 Å². The van der Waals surface area contributed by atoms with Crippen LogP contribution in [0.15, 0.2) is 41.8 Å². The summed E-state index contributed by atoms with van der Waals surface area (Å²) in [5, 5.41) is 9.69. The van der Waals surface area contributed by atoms with Gasteiger partial charge in [-0.15, -0.1) is 16.4 Å². The van der Waals surface area contributed by atoms with Gasteiger partial charge in [-0.05, 0) is 36.8 Å². The van der Waals surface area contributed by atoms with Gasteiger partial charge in [0.15, 0.2) is 18.1 Å². The molecular weight excluding hydrogens is 358 g/mol. The largest absolute Gasteiger partial charge is 0.387 e. The van der Waals surface area contributed by atoms with Crippen LogP contribution < -0.4 is 0 Å². The van der Waals surface area contributed by atoms with E-state index in [0.717, 1.165) is 28.9 Å². The van der Waals surface area contributed by atoms with Crippen LogP contribution in [-0.2, 0) is 24.3 Å². The summed E-state index contributed by atoms with van der Waals surface area (Å²) in [6.07, 6.45) is 9.49. The number of hydrogen-bond donors (Lipinski definition) is 0. The Kier molecular flexibility index (Phi) is 4.29. The van der Waals surface area contributed by atoms with Gasteiger partial charge in [0.25, 0.3) is 0 Å². The van der Waals surface area contributed by atoms with E-state index in [2.05, 4.69) is 15.2 Å². The fraction of sp³-hybridized carbons (Fsp3) is 0.300. The van der Waals surface area contributed by atoms with Crippen LogP contribution >= 0.6 is 11.3 Å². The van der Waals surface area contributed by atoms with Crippen molar-refractivity contribution in [1.82, 2.24) is 19.6 Å². The molecule has 0 amide bonds. The Morgan fingerprint density at radius 1 is 1.15 bits per heavy atom. The Hall–Kier alpha value is -2.80. The summed E-state index contributed by atoms with van der Waals surface area (Å²) in [5.41, 5.74) is 3.30. The highest BCUT2D eigenvalue weighted by atomic mass is 32.1. The Balaban J connectivity index is 1.42. The quantitative estimate of drug-likeness (QED) is 0.304. The Morgan fingerprint density at radius 3 is 2.96 bits per heavy atom. The van der Waals surface area contributed by atoms with E-state index < -0.39 is 0 Å². The molecule has 0 bridgehead atoms. The maximum atomic E-state index is 5.39. The van der Waals surface area contributed by atoms with Crippen LogP contribution in [0.25, 0.3) is 15.9 Å². The molecule has 27 heavy (non-hydrogen) atoms. The average Bonchev–Trinajstić information content (AvgIpc) is 3.19. The molecule has 0 unspecified atom stereocenters. The highest BCUT2D eigenvalue weighted by molar-refractivity contribution is 7.19. The van der Waals surface area contributed by atoms with Gasteiger partial charge < -0.3 is 4.84 Å². The first-order valence-electron chi connectivity index (χ1n) is 9.23. The lowest BCUT2D eigenvalue weighted by Crippen LogP contribution is -1.93. The zero-order valence-electron chi connectivity index (χ0n) is 14.8. The highest BCUT2D eigenvalue weighted by Gasteiger charge is 2.19. The van der Waals surface area contributed by atoms with Gasteiger partial charge in [0.1, 0.15) is 11.2 Å². The number of rotatable bonds is 4. The standard InChI is InChI=1S/C20H19N5OS/c1-3-7-14(8-4-1)11-22-26-12-17-23-19-18-15-9-5-2-6-10-16(15)27-20(18)21-13-25(19)24-17/h1,3-4,7-8,11,13H,2,5-6,9-10,12H2/b22-11+. The summed E-state index contributed by atoms with van der Waals surface area (Å²) in [6, 6.07) is 9.85. The van der Waals surface area contributed by atoms with E-state index in [0.29, 0.717) is 5.82 Å². The van der Waals surface area contributed by atoms with E-state index in [-0.39, 0.29) is 6.61 Å². The molecule has 0 radical (unpaired) electrons. The molecule has 0 spiro atoms. The highest BCUT2D eigenvalue weighted by Crippen LogP contribution is 2.36. The summed E-state index contributed by atoms with van der Waals surface area (Å²) >= 11 is 1.81. The van der Waals surface area contributed by atoms with E-state index >= 15 is 0 Å². The molecule has 1 aliphatic rings. The van der Waals surface area contributed by atoms with Crippen molar-refractivity contribution in [2.75, 3.05) is 0 Å². The summed E-state index contributed by atoms with van der Waals surface area (Å²) in [7, 11) is 0. The summed E-state index contributed by atoms with van der Waals surface area (Å²) < 4.78 is 1.76. The van der Waals surface area contributed by atoms with Gasteiger partial charge in [0.05, 0.1) is 11.6 Å². The van der Waals surface area contributed by atoms with Crippen LogP contribution in [0.1, 0.15) is 41.1 Å². The topological polar surface area (TPSA) is 64.7 Å². The number of hydrogen-bond acceptors (Lipinski definition) is 6. The molecule has 7 heteroatoms. The van der Waals surface area contributed by atoms with Crippen molar-refractivity contribution in [3.8, 4) is 0 Å². The van der Waals surface area contributed by atoms with Gasteiger partial charge in [-0.1, -0.05) is 41.9 Å². The fourth-order valence-corrected chi connectivity index (χ4v) is 4.79. The van der Waals surface area contributed by atoms with Gasteiger partial charge in [0, 0.05) is 4.88 Å².